The minimum absolute atomic E-state index is 0.182. The van der Waals surface area contributed by atoms with Crippen molar-refractivity contribution in [2.24, 2.45) is 0 Å². The van der Waals surface area contributed by atoms with Crippen molar-refractivity contribution in [3.63, 3.8) is 0 Å². The molecule has 7 nitrogen and oxygen atoms in total. The van der Waals surface area contributed by atoms with E-state index >= 15 is 0 Å². The Labute approximate surface area is 130 Å². The van der Waals surface area contributed by atoms with Crippen LogP contribution >= 0.6 is 11.8 Å². The first kappa shape index (κ1) is 14.2. The molecule has 0 spiro atoms. The number of aromatic nitrogens is 5. The summed E-state index contributed by atoms with van der Waals surface area (Å²) in [5, 5.41) is 6.36. The number of hydrogen-bond acceptors (Lipinski definition) is 5. The Morgan fingerprint density at radius 2 is 1.91 bits per heavy atom. The minimum Gasteiger partial charge on any atom is -0.294 e. The van der Waals surface area contributed by atoms with Gasteiger partial charge in [-0.25, -0.2) is 9.97 Å². The Balaban J connectivity index is 1.63. The molecular formula is C14H13N6OS+. The van der Waals surface area contributed by atoms with Crippen molar-refractivity contribution in [1.29, 1.82) is 0 Å². The highest BCUT2D eigenvalue weighted by Gasteiger charge is 2.18. The van der Waals surface area contributed by atoms with Gasteiger partial charge in [0, 0.05) is 12.4 Å². The number of hydrogen-bond donors (Lipinski definition) is 2. The predicted molar refractivity (Wildman–Crippen MR) is 81.5 cm³/mol. The van der Waals surface area contributed by atoms with Gasteiger partial charge >= 0.3 is 5.16 Å². The zero-order valence-electron chi connectivity index (χ0n) is 11.5. The lowest BCUT2D eigenvalue weighted by atomic mass is 10.3. The number of benzene rings is 1. The SMILES string of the molecule is O=C(CSc1nc[nH][n+]1-c1ccccc1)Nc1ncccn1. The summed E-state index contributed by atoms with van der Waals surface area (Å²) in [4.78, 5) is 24.0. The van der Waals surface area contributed by atoms with Crippen LogP contribution in [0.5, 0.6) is 0 Å². The van der Waals surface area contributed by atoms with Crippen molar-refractivity contribution >= 4 is 23.6 Å². The summed E-state index contributed by atoms with van der Waals surface area (Å²) < 4.78 is 1.82. The molecule has 2 N–H and O–H groups in total. The van der Waals surface area contributed by atoms with Crippen LogP contribution < -0.4 is 10.00 Å². The van der Waals surface area contributed by atoms with E-state index in [1.165, 1.54) is 11.8 Å². The Hall–Kier alpha value is -2.74. The molecule has 0 saturated carbocycles. The first-order valence-corrected chi connectivity index (χ1v) is 7.52. The Morgan fingerprint density at radius 1 is 1.14 bits per heavy atom. The summed E-state index contributed by atoms with van der Waals surface area (Å²) in [7, 11) is 0. The molecular weight excluding hydrogens is 300 g/mol. The van der Waals surface area contributed by atoms with Crippen molar-refractivity contribution in [2.45, 2.75) is 5.16 Å². The number of amides is 1. The third-order valence-corrected chi connectivity index (χ3v) is 3.67. The topological polar surface area (TPSA) is 87.4 Å². The second kappa shape index (κ2) is 6.81. The van der Waals surface area contributed by atoms with E-state index in [1.807, 2.05) is 35.0 Å². The fourth-order valence-corrected chi connectivity index (χ4v) is 2.52. The normalized spacial score (nSPS) is 10.4. The number of nitrogens with one attached hydrogen (secondary N) is 2. The lowest BCUT2D eigenvalue weighted by Gasteiger charge is -2.01. The molecule has 0 saturated heterocycles. The standard InChI is InChI=1S/C14H12N6OS/c21-12(19-13-15-7-4-8-16-13)9-22-14-17-10-18-20(14)11-5-2-1-3-6-11/h1-8,10H,9H2,(H,15,16,19,21)/p+1. The average molecular weight is 313 g/mol. The zero-order valence-corrected chi connectivity index (χ0v) is 12.3. The number of para-hydroxylation sites is 1. The first-order valence-electron chi connectivity index (χ1n) is 6.53. The monoisotopic (exact) mass is 313 g/mol. The van der Waals surface area contributed by atoms with Gasteiger partial charge in [0.2, 0.25) is 18.2 Å². The lowest BCUT2D eigenvalue weighted by molar-refractivity contribution is -0.694. The summed E-state index contributed by atoms with van der Waals surface area (Å²) in [6.07, 6.45) is 4.74. The lowest BCUT2D eigenvalue weighted by Crippen LogP contribution is -2.35. The van der Waals surface area contributed by atoms with Crippen LogP contribution in [0.15, 0.2) is 60.3 Å². The minimum atomic E-state index is -0.182. The molecule has 110 valence electrons. The van der Waals surface area contributed by atoms with Crippen LogP contribution in [-0.2, 0) is 4.79 Å². The molecule has 0 unspecified atom stereocenters. The van der Waals surface area contributed by atoms with Gasteiger partial charge in [0.25, 0.3) is 0 Å². The van der Waals surface area contributed by atoms with E-state index in [0.29, 0.717) is 11.1 Å². The van der Waals surface area contributed by atoms with Gasteiger partial charge in [0.15, 0.2) is 5.69 Å². The molecule has 3 rings (SSSR count). The largest absolute Gasteiger partial charge is 0.385 e. The molecule has 2 aromatic heterocycles. The molecule has 1 amide bonds. The van der Waals surface area contributed by atoms with Crippen LogP contribution in [0.1, 0.15) is 0 Å². The number of thioether (sulfide) groups is 1. The molecule has 0 aliphatic heterocycles. The van der Waals surface area contributed by atoms with Crippen molar-refractivity contribution in [3.8, 4) is 5.69 Å². The van der Waals surface area contributed by atoms with E-state index in [4.69, 9.17) is 0 Å². The van der Waals surface area contributed by atoms with Crippen LogP contribution in [0.3, 0.4) is 0 Å². The summed E-state index contributed by atoms with van der Waals surface area (Å²) in [5.74, 6) is 0.334. The highest BCUT2D eigenvalue weighted by molar-refractivity contribution is 7.99. The van der Waals surface area contributed by atoms with Gasteiger partial charge in [-0.15, -0.1) is 4.68 Å². The summed E-state index contributed by atoms with van der Waals surface area (Å²) in [5.41, 5.74) is 0.953. The number of aromatic amines is 1. The van der Waals surface area contributed by atoms with Crippen LogP contribution in [0, 0.1) is 0 Å². The second-order valence-corrected chi connectivity index (χ2v) is 5.19. The molecule has 0 atom stereocenters. The van der Waals surface area contributed by atoms with Gasteiger partial charge in [0.05, 0.1) is 5.75 Å². The number of nitrogens with zero attached hydrogens (tertiary/aromatic N) is 4. The smallest absolute Gasteiger partial charge is 0.294 e. The first-order chi connectivity index (χ1) is 10.8. The summed E-state index contributed by atoms with van der Waals surface area (Å²) in [6.45, 7) is 0. The van der Waals surface area contributed by atoms with Crippen molar-refractivity contribution in [3.05, 3.63) is 55.1 Å². The maximum atomic E-state index is 11.9. The van der Waals surface area contributed by atoms with Crippen LogP contribution in [0.2, 0.25) is 0 Å². The molecule has 0 fully saturated rings. The number of anilines is 1. The van der Waals surface area contributed by atoms with Crippen LogP contribution in [0.25, 0.3) is 5.69 Å². The number of carbonyl (C=O) groups excluding carboxylic acids is 1. The Kier molecular flexibility index (Phi) is 4.40. The Morgan fingerprint density at radius 3 is 2.68 bits per heavy atom. The summed E-state index contributed by atoms with van der Waals surface area (Å²) >= 11 is 1.33. The molecule has 1 aromatic carbocycles. The average Bonchev–Trinajstić information content (AvgIpc) is 3.03. The third kappa shape index (κ3) is 3.47. The maximum Gasteiger partial charge on any atom is 0.385 e. The molecule has 2 heterocycles. The van der Waals surface area contributed by atoms with Crippen LogP contribution in [-0.4, -0.2) is 31.7 Å². The van der Waals surface area contributed by atoms with E-state index < -0.39 is 0 Å². The van der Waals surface area contributed by atoms with Crippen molar-refractivity contribution in [2.75, 3.05) is 11.1 Å². The van der Waals surface area contributed by atoms with Gasteiger partial charge < -0.3 is 0 Å². The highest BCUT2D eigenvalue weighted by atomic mass is 32.2. The molecule has 0 bridgehead atoms. The predicted octanol–water partition coefficient (Wildman–Crippen LogP) is 1.21. The molecule has 0 aliphatic rings. The molecule has 0 radical (unpaired) electrons. The fraction of sp³-hybridized carbons (Fsp3) is 0.0714. The van der Waals surface area contributed by atoms with Gasteiger partial charge in [-0.3, -0.25) is 10.1 Å². The number of H-pyrrole nitrogens is 1. The Bertz CT molecular complexity index is 746. The van der Waals surface area contributed by atoms with Crippen LogP contribution in [0.4, 0.5) is 5.95 Å². The number of carbonyl (C=O) groups is 1. The highest BCUT2D eigenvalue weighted by Crippen LogP contribution is 2.12. The van der Waals surface area contributed by atoms with E-state index in [1.54, 1.807) is 24.8 Å². The van der Waals surface area contributed by atoms with Crippen molar-refractivity contribution in [1.82, 2.24) is 20.1 Å². The molecule has 8 heteroatoms. The van der Waals surface area contributed by atoms with E-state index in [9.17, 15) is 4.79 Å². The van der Waals surface area contributed by atoms with Gasteiger partial charge in [-0.1, -0.05) is 18.2 Å². The fourth-order valence-electron chi connectivity index (χ4n) is 1.77. The maximum absolute atomic E-state index is 11.9. The quantitative estimate of drug-likeness (QED) is 0.546. The number of rotatable bonds is 5. The van der Waals surface area contributed by atoms with E-state index in [2.05, 4.69) is 25.4 Å². The molecule has 0 aliphatic carbocycles. The van der Waals surface area contributed by atoms with Crippen molar-refractivity contribution < 1.29 is 9.48 Å². The summed E-state index contributed by atoms with van der Waals surface area (Å²) in [6, 6.07) is 11.4. The van der Waals surface area contributed by atoms with E-state index in [0.717, 1.165) is 5.69 Å². The van der Waals surface area contributed by atoms with E-state index in [-0.39, 0.29) is 11.7 Å². The third-order valence-electron chi connectivity index (χ3n) is 2.72. The van der Waals surface area contributed by atoms with Gasteiger partial charge in [-0.2, -0.15) is 5.10 Å². The van der Waals surface area contributed by atoms with Gasteiger partial charge in [0.1, 0.15) is 0 Å². The molecule has 22 heavy (non-hydrogen) atoms. The van der Waals surface area contributed by atoms with Gasteiger partial charge in [-0.05, 0) is 34.9 Å². The second-order valence-electron chi connectivity index (χ2n) is 4.25. The zero-order chi connectivity index (χ0) is 15.2. The molecule has 3 aromatic rings.